The molecule has 4 N–H and O–H groups in total. The Morgan fingerprint density at radius 1 is 1.33 bits per heavy atom. The van der Waals surface area contributed by atoms with Crippen LogP contribution in [0.1, 0.15) is 13.8 Å². The third-order valence-corrected chi connectivity index (χ3v) is 3.75. The number of rotatable bonds is 7. The Bertz CT molecular complexity index is 1170. The quantitative estimate of drug-likeness (QED) is 0.444. The van der Waals surface area contributed by atoms with E-state index in [9.17, 15) is 23.2 Å². The van der Waals surface area contributed by atoms with Gasteiger partial charge in [-0.25, -0.2) is 28.3 Å². The average molecular weight is 424 g/mol. The molecule has 0 fully saturated rings. The predicted octanol–water partition coefficient (Wildman–Crippen LogP) is 1.45. The number of anilines is 1. The zero-order valence-corrected chi connectivity index (χ0v) is 15.9. The summed E-state index contributed by atoms with van der Waals surface area (Å²) in [5.74, 6) is -3.29. The van der Waals surface area contributed by atoms with Crippen molar-refractivity contribution in [1.29, 1.82) is 0 Å². The number of aromatic amines is 2. The molecule has 0 aliphatic heterocycles. The number of furan rings is 1. The Hall–Kier alpha value is -3.77. The van der Waals surface area contributed by atoms with Crippen LogP contribution in [-0.2, 0) is 4.74 Å². The van der Waals surface area contributed by atoms with E-state index in [1.54, 1.807) is 13.8 Å². The van der Waals surface area contributed by atoms with E-state index in [1.165, 1.54) is 6.07 Å². The number of carbonyl (C=O) groups is 1. The molecular weight excluding hydrogens is 406 g/mol. The summed E-state index contributed by atoms with van der Waals surface area (Å²) in [4.78, 5) is 46.6. The van der Waals surface area contributed by atoms with Gasteiger partial charge in [-0.15, -0.1) is 0 Å². The fourth-order valence-electron chi connectivity index (χ4n) is 2.43. The summed E-state index contributed by atoms with van der Waals surface area (Å²) in [5, 5.41) is 5.05. The minimum atomic E-state index is -3.38. The number of nitrogens with zero attached hydrogens (tertiary/aromatic N) is 2. The number of halogens is 2. The third kappa shape index (κ3) is 4.98. The van der Waals surface area contributed by atoms with Gasteiger partial charge in [0, 0.05) is 12.2 Å². The number of ether oxygens (including phenoxy) is 1. The van der Waals surface area contributed by atoms with E-state index in [1.807, 2.05) is 0 Å². The van der Waals surface area contributed by atoms with Gasteiger partial charge in [0.25, 0.3) is 11.5 Å². The molecule has 0 aliphatic carbocycles. The van der Waals surface area contributed by atoms with Crippen molar-refractivity contribution < 1.29 is 22.7 Å². The van der Waals surface area contributed by atoms with Crippen LogP contribution < -0.4 is 21.9 Å². The second-order valence-electron chi connectivity index (χ2n) is 6.62. The predicted molar refractivity (Wildman–Crippen MR) is 102 cm³/mol. The lowest BCUT2D eigenvalue weighted by Crippen LogP contribution is -2.38. The summed E-state index contributed by atoms with van der Waals surface area (Å²) < 4.78 is 38.1. The molecule has 3 heterocycles. The minimum absolute atomic E-state index is 0.0217. The first-order valence-corrected chi connectivity index (χ1v) is 8.76. The van der Waals surface area contributed by atoms with E-state index in [0.717, 1.165) is 12.5 Å². The van der Waals surface area contributed by atoms with Crippen molar-refractivity contribution in [3.8, 4) is 11.3 Å². The molecular formula is C17H18F2N6O5. The molecule has 0 aliphatic rings. The smallest absolute Gasteiger partial charge is 0.407 e. The van der Waals surface area contributed by atoms with Crippen LogP contribution in [0.25, 0.3) is 22.4 Å². The first kappa shape index (κ1) is 21.0. The highest BCUT2D eigenvalue weighted by atomic mass is 19.3. The van der Waals surface area contributed by atoms with Crippen molar-refractivity contribution in [2.24, 2.45) is 0 Å². The fraction of sp³-hybridized carbons (Fsp3) is 0.353. The summed E-state index contributed by atoms with van der Waals surface area (Å²) >= 11 is 0. The molecule has 30 heavy (non-hydrogen) atoms. The number of hydrogen-bond donors (Lipinski definition) is 4. The van der Waals surface area contributed by atoms with E-state index >= 15 is 0 Å². The number of alkyl carbamates (subject to hydrolysis) is 1. The minimum Gasteiger partial charge on any atom is -0.443 e. The molecule has 0 bridgehead atoms. The van der Waals surface area contributed by atoms with Gasteiger partial charge in [0.2, 0.25) is 5.71 Å². The number of H-pyrrole nitrogens is 2. The van der Waals surface area contributed by atoms with Crippen LogP contribution in [0.4, 0.5) is 19.4 Å². The normalized spacial score (nSPS) is 11.6. The molecule has 3 rings (SSSR count). The van der Waals surface area contributed by atoms with Gasteiger partial charge in [0.1, 0.15) is 17.9 Å². The van der Waals surface area contributed by atoms with Crippen molar-refractivity contribution in [2.45, 2.75) is 25.8 Å². The number of amides is 1. The molecule has 13 heteroatoms. The molecule has 3 aromatic heterocycles. The van der Waals surface area contributed by atoms with Crippen LogP contribution in [0.3, 0.4) is 0 Å². The summed E-state index contributed by atoms with van der Waals surface area (Å²) in [6.45, 7) is 1.33. The van der Waals surface area contributed by atoms with Crippen molar-refractivity contribution in [3.63, 3.8) is 0 Å². The standard InChI is InChI=1S/C17H18F2N6O5/c1-8(2)24-16(28)29-6-17(18,19)5-21-12-9-3-11(30-14(9)23-7-22-12)10-4-20-15(27)25-13(10)26/h3-4,7-8H,5-6H2,1-2H3,(H,24,28)(H,21,22,23)(H2,20,25,26,27). The average Bonchev–Trinajstić information content (AvgIpc) is 3.09. The Morgan fingerprint density at radius 3 is 2.80 bits per heavy atom. The van der Waals surface area contributed by atoms with E-state index in [2.05, 4.69) is 35.3 Å². The number of nitrogens with one attached hydrogen (secondary N) is 4. The van der Waals surface area contributed by atoms with Crippen LogP contribution in [0.5, 0.6) is 0 Å². The van der Waals surface area contributed by atoms with Gasteiger partial charge in [-0.2, -0.15) is 0 Å². The summed E-state index contributed by atoms with van der Waals surface area (Å²) in [6.07, 6.45) is 1.31. The van der Waals surface area contributed by atoms with Crippen molar-refractivity contribution in [1.82, 2.24) is 25.3 Å². The molecule has 1 amide bonds. The van der Waals surface area contributed by atoms with Crippen molar-refractivity contribution in [2.75, 3.05) is 18.5 Å². The van der Waals surface area contributed by atoms with Gasteiger partial charge in [-0.3, -0.25) is 9.78 Å². The lowest BCUT2D eigenvalue weighted by atomic mass is 10.2. The van der Waals surface area contributed by atoms with Gasteiger partial charge >= 0.3 is 11.8 Å². The largest absolute Gasteiger partial charge is 0.443 e. The summed E-state index contributed by atoms with van der Waals surface area (Å²) in [5.41, 5.74) is -1.31. The van der Waals surface area contributed by atoms with Crippen LogP contribution in [0.15, 0.2) is 32.6 Å². The number of alkyl halides is 2. The molecule has 0 aromatic carbocycles. The van der Waals surface area contributed by atoms with E-state index < -0.39 is 36.4 Å². The van der Waals surface area contributed by atoms with Crippen LogP contribution in [0, 0.1) is 0 Å². The number of aromatic nitrogens is 4. The SMILES string of the molecule is CC(C)NC(=O)OCC(F)(F)CNc1ncnc2oc(-c3c[nH]c(=O)[nH]c3=O)cc12. The van der Waals surface area contributed by atoms with Crippen molar-refractivity contribution >= 4 is 23.0 Å². The Balaban J connectivity index is 1.75. The molecule has 0 radical (unpaired) electrons. The van der Waals surface area contributed by atoms with E-state index in [-0.39, 0.29) is 34.3 Å². The summed E-state index contributed by atoms with van der Waals surface area (Å²) in [6, 6.07) is 1.13. The topological polar surface area (TPSA) is 155 Å². The zero-order valence-electron chi connectivity index (χ0n) is 15.9. The first-order chi connectivity index (χ1) is 14.1. The maximum absolute atomic E-state index is 14.1. The highest BCUT2D eigenvalue weighted by molar-refractivity contribution is 5.89. The molecule has 0 atom stereocenters. The molecule has 0 saturated carbocycles. The van der Waals surface area contributed by atoms with Crippen LogP contribution in [0.2, 0.25) is 0 Å². The number of fused-ring (bicyclic) bond motifs is 1. The highest BCUT2D eigenvalue weighted by Crippen LogP contribution is 2.28. The summed E-state index contributed by atoms with van der Waals surface area (Å²) in [7, 11) is 0. The van der Waals surface area contributed by atoms with Gasteiger partial charge in [-0.05, 0) is 19.9 Å². The molecule has 160 valence electrons. The number of carbonyl (C=O) groups excluding carboxylic acids is 1. The van der Waals surface area contributed by atoms with Gasteiger partial charge < -0.3 is 24.8 Å². The Kier molecular flexibility index (Phi) is 5.80. The van der Waals surface area contributed by atoms with Gasteiger partial charge in [0.05, 0.1) is 17.5 Å². The Labute approximate surface area is 166 Å². The lowest BCUT2D eigenvalue weighted by molar-refractivity contribution is -0.0434. The third-order valence-electron chi connectivity index (χ3n) is 3.75. The number of hydrogen-bond acceptors (Lipinski definition) is 8. The maximum atomic E-state index is 14.1. The zero-order chi connectivity index (χ0) is 21.9. The molecule has 0 spiro atoms. The van der Waals surface area contributed by atoms with Gasteiger partial charge in [-0.1, -0.05) is 0 Å². The monoisotopic (exact) mass is 424 g/mol. The molecule has 3 aromatic rings. The highest BCUT2D eigenvalue weighted by Gasteiger charge is 2.31. The Morgan fingerprint density at radius 2 is 2.10 bits per heavy atom. The fourth-order valence-corrected chi connectivity index (χ4v) is 2.43. The van der Waals surface area contributed by atoms with E-state index in [0.29, 0.717) is 0 Å². The van der Waals surface area contributed by atoms with E-state index in [4.69, 9.17) is 4.42 Å². The molecule has 0 saturated heterocycles. The first-order valence-electron chi connectivity index (χ1n) is 8.76. The van der Waals surface area contributed by atoms with Crippen LogP contribution in [-0.4, -0.2) is 51.1 Å². The van der Waals surface area contributed by atoms with Crippen molar-refractivity contribution in [3.05, 3.63) is 39.4 Å². The molecule has 11 nitrogen and oxygen atoms in total. The lowest BCUT2D eigenvalue weighted by Gasteiger charge is -2.18. The van der Waals surface area contributed by atoms with Gasteiger partial charge in [0.15, 0.2) is 6.61 Å². The second-order valence-corrected chi connectivity index (χ2v) is 6.62. The van der Waals surface area contributed by atoms with Crippen LogP contribution >= 0.6 is 0 Å². The molecule has 0 unspecified atom stereocenters. The second kappa shape index (κ2) is 8.31. The maximum Gasteiger partial charge on any atom is 0.407 e.